The van der Waals surface area contributed by atoms with Crippen LogP contribution >= 0.6 is 15.9 Å². The van der Waals surface area contributed by atoms with Crippen LogP contribution in [-0.4, -0.2) is 41.8 Å². The van der Waals surface area contributed by atoms with E-state index < -0.39 is 16.0 Å². The highest BCUT2D eigenvalue weighted by Crippen LogP contribution is 2.37. The first-order valence-electron chi connectivity index (χ1n) is 8.76. The second kappa shape index (κ2) is 9.84. The second-order valence-electron chi connectivity index (χ2n) is 5.75. The maximum Gasteiger partial charge on any atom is 0.338 e. The molecule has 8 nitrogen and oxygen atoms in total. The van der Waals surface area contributed by atoms with Gasteiger partial charge in [0.25, 0.3) is 10.0 Å². The number of hydrogen-bond acceptors (Lipinski definition) is 7. The number of halogens is 1. The molecule has 0 heterocycles. The number of anilines is 2. The SMILES string of the molecule is CCNc1ccc(C(=O)OCC)cc1NS(=O)(=O)c1cc(OC)c(OC)cc1Br. The molecule has 0 saturated carbocycles. The van der Waals surface area contributed by atoms with Gasteiger partial charge in [-0.05, 0) is 54.0 Å². The Bertz CT molecular complexity index is 994. The molecule has 29 heavy (non-hydrogen) atoms. The van der Waals surface area contributed by atoms with Crippen molar-refractivity contribution in [1.29, 1.82) is 0 Å². The van der Waals surface area contributed by atoms with Gasteiger partial charge < -0.3 is 19.5 Å². The second-order valence-corrected chi connectivity index (χ2v) is 8.26. The minimum Gasteiger partial charge on any atom is -0.493 e. The normalized spacial score (nSPS) is 10.9. The maximum atomic E-state index is 13.1. The number of methoxy groups -OCH3 is 2. The first kappa shape index (κ1) is 22.8. The Balaban J connectivity index is 2.50. The van der Waals surface area contributed by atoms with Crippen LogP contribution in [0.25, 0.3) is 0 Å². The zero-order chi connectivity index (χ0) is 21.6. The number of hydrogen-bond donors (Lipinski definition) is 2. The fraction of sp³-hybridized carbons (Fsp3) is 0.316. The molecular formula is C19H23BrN2O6S. The fourth-order valence-electron chi connectivity index (χ4n) is 2.56. The van der Waals surface area contributed by atoms with Crippen molar-refractivity contribution in [3.63, 3.8) is 0 Å². The third-order valence-electron chi connectivity index (χ3n) is 3.87. The van der Waals surface area contributed by atoms with E-state index in [4.69, 9.17) is 14.2 Å². The van der Waals surface area contributed by atoms with Gasteiger partial charge in [-0.3, -0.25) is 4.72 Å². The molecule has 0 aromatic heterocycles. The summed E-state index contributed by atoms with van der Waals surface area (Å²) in [4.78, 5) is 12.0. The number of ether oxygens (including phenoxy) is 3. The van der Waals surface area contributed by atoms with Crippen molar-refractivity contribution in [2.45, 2.75) is 18.7 Å². The molecule has 158 valence electrons. The lowest BCUT2D eigenvalue weighted by atomic mass is 10.1. The van der Waals surface area contributed by atoms with Crippen LogP contribution in [-0.2, 0) is 14.8 Å². The predicted octanol–water partition coefficient (Wildman–Crippen LogP) is 3.88. The summed E-state index contributed by atoms with van der Waals surface area (Å²) in [6.45, 7) is 4.35. The lowest BCUT2D eigenvalue weighted by Gasteiger charge is -2.17. The van der Waals surface area contributed by atoms with Crippen molar-refractivity contribution in [1.82, 2.24) is 0 Å². The maximum absolute atomic E-state index is 13.1. The van der Waals surface area contributed by atoms with E-state index in [1.54, 1.807) is 19.1 Å². The van der Waals surface area contributed by atoms with E-state index in [1.165, 1.54) is 32.4 Å². The van der Waals surface area contributed by atoms with E-state index in [2.05, 4.69) is 26.0 Å². The molecule has 2 aromatic rings. The standard InChI is InChI=1S/C19H23BrN2O6S/c1-5-21-14-8-7-12(19(23)28-6-2)9-15(14)22-29(24,25)18-11-17(27-4)16(26-3)10-13(18)20/h7-11,21-22H,5-6H2,1-4H3. The van der Waals surface area contributed by atoms with Gasteiger partial charge in [0, 0.05) is 17.1 Å². The zero-order valence-electron chi connectivity index (χ0n) is 16.5. The minimum atomic E-state index is -4.02. The van der Waals surface area contributed by atoms with E-state index in [0.29, 0.717) is 22.5 Å². The molecule has 10 heteroatoms. The molecule has 0 saturated heterocycles. The van der Waals surface area contributed by atoms with Crippen LogP contribution in [0.2, 0.25) is 0 Å². The highest BCUT2D eigenvalue weighted by Gasteiger charge is 2.23. The van der Waals surface area contributed by atoms with Crippen LogP contribution in [0.1, 0.15) is 24.2 Å². The molecule has 2 rings (SSSR count). The summed E-state index contributed by atoms with van der Waals surface area (Å²) >= 11 is 3.26. The van der Waals surface area contributed by atoms with Crippen LogP contribution < -0.4 is 19.5 Å². The van der Waals surface area contributed by atoms with Crippen molar-refractivity contribution >= 4 is 43.3 Å². The van der Waals surface area contributed by atoms with Crippen molar-refractivity contribution in [3.8, 4) is 11.5 Å². The largest absolute Gasteiger partial charge is 0.493 e. The molecule has 0 spiro atoms. The summed E-state index contributed by atoms with van der Waals surface area (Å²) < 4.78 is 44.4. The van der Waals surface area contributed by atoms with E-state index in [0.717, 1.165) is 0 Å². The number of carbonyl (C=O) groups is 1. The third-order valence-corrected chi connectivity index (χ3v) is 6.19. The number of nitrogens with one attached hydrogen (secondary N) is 2. The van der Waals surface area contributed by atoms with Crippen LogP contribution in [0.3, 0.4) is 0 Å². The van der Waals surface area contributed by atoms with Gasteiger partial charge in [0.15, 0.2) is 11.5 Å². The van der Waals surface area contributed by atoms with Crippen molar-refractivity contribution in [3.05, 3.63) is 40.4 Å². The van der Waals surface area contributed by atoms with Crippen molar-refractivity contribution in [2.75, 3.05) is 37.4 Å². The molecule has 0 bridgehead atoms. The highest BCUT2D eigenvalue weighted by atomic mass is 79.9. The molecule has 0 radical (unpaired) electrons. The van der Waals surface area contributed by atoms with Gasteiger partial charge in [-0.2, -0.15) is 0 Å². The van der Waals surface area contributed by atoms with E-state index in [1.807, 2.05) is 6.92 Å². The lowest BCUT2D eigenvalue weighted by Crippen LogP contribution is -2.16. The molecular weight excluding hydrogens is 464 g/mol. The first-order valence-corrected chi connectivity index (χ1v) is 11.0. The first-order chi connectivity index (χ1) is 13.8. The molecule has 0 atom stereocenters. The van der Waals surface area contributed by atoms with Gasteiger partial charge in [-0.25, -0.2) is 13.2 Å². The number of esters is 1. The van der Waals surface area contributed by atoms with Gasteiger partial charge in [-0.15, -0.1) is 0 Å². The number of sulfonamides is 1. The summed E-state index contributed by atoms with van der Waals surface area (Å²) in [6.07, 6.45) is 0. The average molecular weight is 487 g/mol. The summed E-state index contributed by atoms with van der Waals surface area (Å²) in [5.41, 5.74) is 0.984. The van der Waals surface area contributed by atoms with Crippen molar-refractivity contribution < 1.29 is 27.4 Å². The van der Waals surface area contributed by atoms with Crippen LogP contribution in [0.15, 0.2) is 39.7 Å². The monoisotopic (exact) mass is 486 g/mol. The Hall–Kier alpha value is -2.46. The number of carbonyl (C=O) groups excluding carboxylic acids is 1. The quantitative estimate of drug-likeness (QED) is 0.518. The Morgan fingerprint density at radius 1 is 1.03 bits per heavy atom. The number of benzene rings is 2. The average Bonchev–Trinajstić information content (AvgIpc) is 2.68. The molecule has 0 amide bonds. The van der Waals surface area contributed by atoms with Crippen LogP contribution in [0.5, 0.6) is 11.5 Å². The molecule has 0 aliphatic rings. The van der Waals surface area contributed by atoms with Crippen molar-refractivity contribution in [2.24, 2.45) is 0 Å². The van der Waals surface area contributed by atoms with E-state index in [9.17, 15) is 13.2 Å². The minimum absolute atomic E-state index is 0.0425. The van der Waals surface area contributed by atoms with Gasteiger partial charge in [0.05, 0.1) is 37.8 Å². The third kappa shape index (κ3) is 5.33. The molecule has 2 N–H and O–H groups in total. The van der Waals surface area contributed by atoms with Crippen LogP contribution in [0.4, 0.5) is 11.4 Å². The van der Waals surface area contributed by atoms with Crippen LogP contribution in [0, 0.1) is 0 Å². The number of rotatable bonds is 9. The van der Waals surface area contributed by atoms with Gasteiger partial charge >= 0.3 is 5.97 Å². The Kier molecular flexibility index (Phi) is 7.74. The Morgan fingerprint density at radius 2 is 1.69 bits per heavy atom. The lowest BCUT2D eigenvalue weighted by molar-refractivity contribution is 0.0526. The van der Waals surface area contributed by atoms with Gasteiger partial charge in [0.2, 0.25) is 0 Å². The predicted molar refractivity (Wildman–Crippen MR) is 115 cm³/mol. The Labute approximate surface area is 178 Å². The summed E-state index contributed by atoms with van der Waals surface area (Å²) in [7, 11) is -1.14. The summed E-state index contributed by atoms with van der Waals surface area (Å²) in [5, 5.41) is 3.07. The highest BCUT2D eigenvalue weighted by molar-refractivity contribution is 9.10. The van der Waals surface area contributed by atoms with E-state index in [-0.39, 0.29) is 28.5 Å². The molecule has 0 unspecified atom stereocenters. The summed E-state index contributed by atoms with van der Waals surface area (Å²) in [6, 6.07) is 7.49. The molecule has 0 aliphatic carbocycles. The fourth-order valence-corrected chi connectivity index (χ4v) is 4.66. The van der Waals surface area contributed by atoms with Gasteiger partial charge in [-0.1, -0.05) is 0 Å². The van der Waals surface area contributed by atoms with Gasteiger partial charge in [0.1, 0.15) is 4.90 Å². The summed E-state index contributed by atoms with van der Waals surface area (Å²) in [5.74, 6) is 0.113. The topological polar surface area (TPSA) is 103 Å². The smallest absolute Gasteiger partial charge is 0.338 e. The molecule has 0 fully saturated rings. The Morgan fingerprint density at radius 3 is 2.28 bits per heavy atom. The molecule has 0 aliphatic heterocycles. The zero-order valence-corrected chi connectivity index (χ0v) is 18.9. The van der Waals surface area contributed by atoms with E-state index >= 15 is 0 Å². The molecule has 2 aromatic carbocycles.